The van der Waals surface area contributed by atoms with Crippen molar-refractivity contribution in [2.75, 3.05) is 24.4 Å². The molecule has 2 heterocycles. The molecule has 0 spiro atoms. The lowest BCUT2D eigenvalue weighted by molar-refractivity contribution is -0.328. The Hall–Kier alpha value is -2.96. The number of carbonyl (C=O) groups is 1. The number of pyridine rings is 1. The van der Waals surface area contributed by atoms with Crippen LogP contribution in [0.5, 0.6) is 0 Å². The number of carbonyl (C=O) groups excluding carboxylic acids is 1. The third-order valence-electron chi connectivity index (χ3n) is 4.57. The zero-order valence-electron chi connectivity index (χ0n) is 14.6. The number of fused-ring (bicyclic) bond motifs is 2. The predicted molar refractivity (Wildman–Crippen MR) is 99.0 cm³/mol. The molecule has 1 atom stereocenters. The number of aromatic nitrogens is 1. The van der Waals surface area contributed by atoms with Crippen LogP contribution in [-0.2, 0) is 9.47 Å². The Balaban J connectivity index is 1.87. The number of hydrogen-bond donors (Lipinski definition) is 1. The second kappa shape index (κ2) is 6.74. The number of hydrogen-bond acceptors (Lipinski definition) is 4. The van der Waals surface area contributed by atoms with Crippen molar-refractivity contribution in [1.82, 2.24) is 0 Å². The van der Waals surface area contributed by atoms with E-state index in [9.17, 15) is 4.79 Å². The van der Waals surface area contributed by atoms with Crippen molar-refractivity contribution in [2.45, 2.75) is 12.5 Å². The molecule has 0 fully saturated rings. The molecule has 3 aromatic rings. The highest BCUT2D eigenvalue weighted by Gasteiger charge is 2.43. The van der Waals surface area contributed by atoms with Crippen molar-refractivity contribution in [3.63, 3.8) is 0 Å². The molecule has 6 heteroatoms. The van der Waals surface area contributed by atoms with Crippen LogP contribution in [0.4, 0.5) is 11.5 Å². The molecule has 0 saturated carbocycles. The average molecular weight is 350 g/mol. The van der Waals surface area contributed by atoms with Gasteiger partial charge in [-0.15, -0.1) is 0 Å². The van der Waals surface area contributed by atoms with Crippen molar-refractivity contribution in [3.05, 3.63) is 66.2 Å². The number of methoxy groups -OCH3 is 2. The standard InChI is InChI=1S/C20H19N3O3/c1-25-20(26-2)18-22-17-15(12-13-8-6-7-11-16(13)21-17)19(24)23(18)14-9-4-3-5-10-14/h3-12,18,20H,1-2H3,(H,21,22)/p+1/t18-/m1/s1. The normalized spacial score (nSPS) is 16.7. The summed E-state index contributed by atoms with van der Waals surface area (Å²) in [5.74, 6) is 0.543. The number of nitrogens with one attached hydrogen (secondary N) is 2. The average Bonchev–Trinajstić information content (AvgIpc) is 2.68. The predicted octanol–water partition coefficient (Wildman–Crippen LogP) is 2.67. The van der Waals surface area contributed by atoms with E-state index in [2.05, 4.69) is 10.3 Å². The van der Waals surface area contributed by atoms with Crippen molar-refractivity contribution < 1.29 is 19.3 Å². The van der Waals surface area contributed by atoms with Gasteiger partial charge in [-0.25, -0.2) is 10.3 Å². The van der Waals surface area contributed by atoms with Crippen LogP contribution in [0, 0.1) is 0 Å². The maximum absolute atomic E-state index is 13.4. The number of ether oxygens (including phenoxy) is 2. The lowest BCUT2D eigenvalue weighted by atomic mass is 10.1. The molecule has 26 heavy (non-hydrogen) atoms. The SMILES string of the molecule is COC(OC)[C@@H]1Nc2[nH+]c3ccccc3cc2C(=O)N1c1ccccc1. The first kappa shape index (κ1) is 16.5. The molecular weight excluding hydrogens is 330 g/mol. The van der Waals surface area contributed by atoms with E-state index in [1.54, 1.807) is 19.1 Å². The molecule has 0 saturated heterocycles. The molecular formula is C20H20N3O3+. The molecule has 0 unspecified atom stereocenters. The maximum Gasteiger partial charge on any atom is 0.287 e. The van der Waals surface area contributed by atoms with Crippen LogP contribution in [0.15, 0.2) is 60.7 Å². The Labute approximate surface area is 151 Å². The van der Waals surface area contributed by atoms with Crippen molar-refractivity contribution in [1.29, 1.82) is 0 Å². The number of para-hydroxylation sites is 2. The van der Waals surface area contributed by atoms with Gasteiger partial charge in [-0.1, -0.05) is 36.4 Å². The Morgan fingerprint density at radius 1 is 1.04 bits per heavy atom. The summed E-state index contributed by atoms with van der Waals surface area (Å²) in [5, 5.41) is 4.34. The second-order valence-corrected chi connectivity index (χ2v) is 6.08. The van der Waals surface area contributed by atoms with Crippen LogP contribution in [0.2, 0.25) is 0 Å². The quantitative estimate of drug-likeness (QED) is 0.735. The Morgan fingerprint density at radius 2 is 1.73 bits per heavy atom. The number of aromatic amines is 1. The second-order valence-electron chi connectivity index (χ2n) is 6.08. The minimum absolute atomic E-state index is 0.115. The van der Waals surface area contributed by atoms with E-state index in [1.165, 1.54) is 0 Å². The lowest BCUT2D eigenvalue weighted by Crippen LogP contribution is -2.57. The fraction of sp³-hybridized carbons (Fsp3) is 0.200. The van der Waals surface area contributed by atoms with Gasteiger partial charge in [0.15, 0.2) is 0 Å². The smallest absolute Gasteiger partial charge is 0.287 e. The zero-order valence-corrected chi connectivity index (χ0v) is 14.6. The third kappa shape index (κ3) is 2.69. The number of H-pyrrole nitrogens is 1. The molecule has 1 aromatic heterocycles. The summed E-state index contributed by atoms with van der Waals surface area (Å²) in [5.41, 5.74) is 2.30. The van der Waals surface area contributed by atoms with E-state index in [4.69, 9.17) is 9.47 Å². The van der Waals surface area contributed by atoms with Crippen LogP contribution >= 0.6 is 0 Å². The van der Waals surface area contributed by atoms with E-state index in [0.29, 0.717) is 11.4 Å². The van der Waals surface area contributed by atoms with Crippen LogP contribution in [0.3, 0.4) is 0 Å². The summed E-state index contributed by atoms with van der Waals surface area (Å²) in [6.07, 6.45) is -1.14. The fourth-order valence-electron chi connectivity index (χ4n) is 3.33. The summed E-state index contributed by atoms with van der Waals surface area (Å²) in [4.78, 5) is 18.3. The van der Waals surface area contributed by atoms with Crippen LogP contribution in [0.25, 0.3) is 10.9 Å². The molecule has 2 N–H and O–H groups in total. The maximum atomic E-state index is 13.4. The number of amides is 1. The molecule has 0 aliphatic carbocycles. The number of anilines is 2. The molecule has 132 valence electrons. The van der Waals surface area contributed by atoms with Crippen molar-refractivity contribution in [2.24, 2.45) is 0 Å². The van der Waals surface area contributed by atoms with Crippen LogP contribution < -0.4 is 15.2 Å². The van der Waals surface area contributed by atoms with Gasteiger partial charge in [0.25, 0.3) is 11.7 Å². The molecule has 6 nitrogen and oxygen atoms in total. The zero-order chi connectivity index (χ0) is 18.1. The number of rotatable bonds is 4. The first-order chi connectivity index (χ1) is 12.7. The lowest BCUT2D eigenvalue weighted by Gasteiger charge is -2.36. The van der Waals surface area contributed by atoms with E-state index in [-0.39, 0.29) is 5.91 Å². The monoisotopic (exact) mass is 350 g/mol. The van der Waals surface area contributed by atoms with Gasteiger partial charge in [-0.05, 0) is 24.3 Å². The molecule has 4 rings (SSSR count). The Bertz CT molecular complexity index is 941. The van der Waals surface area contributed by atoms with Gasteiger partial charge in [-0.2, -0.15) is 0 Å². The topological polar surface area (TPSA) is 64.9 Å². The third-order valence-corrected chi connectivity index (χ3v) is 4.57. The largest absolute Gasteiger partial charge is 0.350 e. The minimum atomic E-state index is -0.632. The molecule has 0 bridgehead atoms. The molecule has 1 amide bonds. The van der Waals surface area contributed by atoms with Crippen LogP contribution in [-0.4, -0.2) is 32.6 Å². The summed E-state index contributed by atoms with van der Waals surface area (Å²) < 4.78 is 10.9. The van der Waals surface area contributed by atoms with E-state index in [1.807, 2.05) is 60.7 Å². The highest BCUT2D eigenvalue weighted by Crippen LogP contribution is 2.30. The van der Waals surface area contributed by atoms with Gasteiger partial charge in [-0.3, -0.25) is 9.69 Å². The van der Waals surface area contributed by atoms with Gasteiger partial charge in [0.2, 0.25) is 12.5 Å². The first-order valence-electron chi connectivity index (χ1n) is 8.38. The highest BCUT2D eigenvalue weighted by molar-refractivity contribution is 6.12. The van der Waals surface area contributed by atoms with Crippen molar-refractivity contribution in [3.8, 4) is 0 Å². The summed E-state index contributed by atoms with van der Waals surface area (Å²) in [6.45, 7) is 0. The Morgan fingerprint density at radius 3 is 2.46 bits per heavy atom. The first-order valence-corrected chi connectivity index (χ1v) is 8.38. The van der Waals surface area contributed by atoms with E-state index < -0.39 is 12.5 Å². The highest BCUT2D eigenvalue weighted by atomic mass is 16.7. The van der Waals surface area contributed by atoms with Crippen LogP contribution in [0.1, 0.15) is 10.4 Å². The van der Waals surface area contributed by atoms with Gasteiger partial charge in [0.05, 0.1) is 0 Å². The van der Waals surface area contributed by atoms with Gasteiger partial charge in [0, 0.05) is 25.3 Å². The van der Waals surface area contributed by atoms with E-state index in [0.717, 1.165) is 16.6 Å². The molecule has 2 aromatic carbocycles. The van der Waals surface area contributed by atoms with Gasteiger partial charge >= 0.3 is 0 Å². The summed E-state index contributed by atoms with van der Waals surface area (Å²) >= 11 is 0. The fourth-order valence-corrected chi connectivity index (χ4v) is 3.33. The number of nitrogens with zero attached hydrogens (tertiary/aromatic N) is 1. The summed E-state index contributed by atoms with van der Waals surface area (Å²) in [6, 6.07) is 19.3. The van der Waals surface area contributed by atoms with Gasteiger partial charge < -0.3 is 9.47 Å². The molecule has 1 aliphatic rings. The molecule has 0 radical (unpaired) electrons. The number of benzene rings is 2. The summed E-state index contributed by atoms with van der Waals surface area (Å²) in [7, 11) is 3.12. The molecule has 1 aliphatic heterocycles. The minimum Gasteiger partial charge on any atom is -0.350 e. The van der Waals surface area contributed by atoms with Gasteiger partial charge in [0.1, 0.15) is 11.1 Å². The van der Waals surface area contributed by atoms with E-state index >= 15 is 0 Å². The Kier molecular flexibility index (Phi) is 4.28. The van der Waals surface area contributed by atoms with Crippen molar-refractivity contribution >= 4 is 28.3 Å².